The van der Waals surface area contributed by atoms with Crippen LogP contribution in [-0.2, 0) is 9.40 Å². The van der Waals surface area contributed by atoms with E-state index in [1.807, 2.05) is 31.1 Å². The van der Waals surface area contributed by atoms with E-state index in [2.05, 4.69) is 0 Å². The molecule has 0 aliphatic carbocycles. The van der Waals surface area contributed by atoms with E-state index in [0.717, 1.165) is 5.69 Å². The van der Waals surface area contributed by atoms with Crippen LogP contribution < -0.4 is 4.90 Å². The Morgan fingerprint density at radius 3 is 2.39 bits per heavy atom. The molecule has 2 N–H and O–H groups in total. The summed E-state index contributed by atoms with van der Waals surface area (Å²) in [6, 6.07) is 7.37. The third-order valence-electron chi connectivity index (χ3n) is 2.60. The van der Waals surface area contributed by atoms with Crippen LogP contribution in [0.3, 0.4) is 0 Å². The van der Waals surface area contributed by atoms with Crippen molar-refractivity contribution >= 4 is 19.1 Å². The van der Waals surface area contributed by atoms with Crippen molar-refractivity contribution in [3.8, 4) is 0 Å². The van der Waals surface area contributed by atoms with Crippen LogP contribution in [0.15, 0.2) is 30.3 Å². The SMILES string of the molecule is CN(C)c1ccc(C2=CCON2P(=O)(O)O)cc1. The Kier molecular flexibility index (Phi) is 3.45. The number of benzene rings is 1. The molecule has 7 heteroatoms. The largest absolute Gasteiger partial charge is 0.453 e. The van der Waals surface area contributed by atoms with Crippen molar-refractivity contribution in [2.45, 2.75) is 0 Å². The Hall–Kier alpha value is -1.33. The zero-order chi connectivity index (χ0) is 13.3. The average Bonchev–Trinajstić information content (AvgIpc) is 2.77. The van der Waals surface area contributed by atoms with E-state index < -0.39 is 7.75 Å². The van der Waals surface area contributed by atoms with Gasteiger partial charge in [0.25, 0.3) is 0 Å². The lowest BCUT2D eigenvalue weighted by molar-refractivity contribution is -0.0266. The number of hydrogen-bond donors (Lipinski definition) is 2. The molecule has 0 aromatic heterocycles. The summed E-state index contributed by atoms with van der Waals surface area (Å²) >= 11 is 0. The minimum absolute atomic E-state index is 0.163. The summed E-state index contributed by atoms with van der Waals surface area (Å²) in [6.07, 6.45) is 1.64. The highest BCUT2D eigenvalue weighted by Gasteiger charge is 2.32. The zero-order valence-electron chi connectivity index (χ0n) is 10.1. The maximum Gasteiger partial charge on any atom is 0.453 e. The molecule has 1 aliphatic heterocycles. The molecule has 0 spiro atoms. The fourth-order valence-corrected chi connectivity index (χ4v) is 2.40. The van der Waals surface area contributed by atoms with Crippen LogP contribution in [0.2, 0.25) is 0 Å². The molecule has 1 aliphatic rings. The average molecular weight is 270 g/mol. The van der Waals surface area contributed by atoms with Gasteiger partial charge in [-0.2, -0.15) is 4.83 Å². The normalized spacial score (nSPS) is 15.8. The zero-order valence-corrected chi connectivity index (χ0v) is 11.0. The molecule has 0 radical (unpaired) electrons. The van der Waals surface area contributed by atoms with E-state index in [9.17, 15) is 4.57 Å². The summed E-state index contributed by atoms with van der Waals surface area (Å²) in [5.74, 6) is 0. The summed E-state index contributed by atoms with van der Waals surface area (Å²) in [5.41, 5.74) is 2.12. The summed E-state index contributed by atoms with van der Waals surface area (Å²) in [4.78, 5) is 25.9. The monoisotopic (exact) mass is 270 g/mol. The number of hydroxylamine groups is 1. The third kappa shape index (κ3) is 2.57. The van der Waals surface area contributed by atoms with Gasteiger partial charge in [0, 0.05) is 25.3 Å². The maximum atomic E-state index is 11.2. The van der Waals surface area contributed by atoms with Crippen LogP contribution in [0.25, 0.3) is 5.70 Å². The molecule has 6 nitrogen and oxygen atoms in total. The fraction of sp³-hybridized carbons (Fsp3) is 0.273. The van der Waals surface area contributed by atoms with E-state index in [0.29, 0.717) is 16.1 Å². The molecule has 0 saturated carbocycles. The standard InChI is InChI=1S/C11H15N2O4P/c1-12(2)10-5-3-9(4-6-10)11-7-8-17-13(11)18(14,15)16/h3-7H,8H2,1-2H3,(H2,14,15,16). The summed E-state index contributed by atoms with van der Waals surface area (Å²) in [5, 5.41) is 0. The van der Waals surface area contributed by atoms with Gasteiger partial charge in [-0.05, 0) is 18.2 Å². The number of hydrogen-bond acceptors (Lipinski definition) is 3. The van der Waals surface area contributed by atoms with Crippen LogP contribution in [0.1, 0.15) is 5.56 Å². The van der Waals surface area contributed by atoms with Crippen LogP contribution in [0, 0.1) is 0 Å². The Morgan fingerprint density at radius 1 is 1.28 bits per heavy atom. The van der Waals surface area contributed by atoms with Crippen LogP contribution in [-0.4, -0.2) is 35.3 Å². The van der Waals surface area contributed by atoms with Gasteiger partial charge in [0.2, 0.25) is 0 Å². The van der Waals surface area contributed by atoms with Gasteiger partial charge in [-0.25, -0.2) is 4.57 Å². The van der Waals surface area contributed by atoms with Crippen molar-refractivity contribution in [1.29, 1.82) is 0 Å². The minimum atomic E-state index is -4.43. The van der Waals surface area contributed by atoms with Crippen LogP contribution in [0.5, 0.6) is 0 Å². The second-order valence-electron chi connectivity index (χ2n) is 4.11. The van der Waals surface area contributed by atoms with Gasteiger partial charge in [0.15, 0.2) is 0 Å². The van der Waals surface area contributed by atoms with Crippen molar-refractivity contribution in [2.75, 3.05) is 25.6 Å². The molecular weight excluding hydrogens is 255 g/mol. The topological polar surface area (TPSA) is 73.2 Å². The van der Waals surface area contributed by atoms with Crippen LogP contribution >= 0.6 is 7.75 Å². The van der Waals surface area contributed by atoms with Gasteiger partial charge >= 0.3 is 7.75 Å². The molecule has 18 heavy (non-hydrogen) atoms. The van der Waals surface area contributed by atoms with Crippen molar-refractivity contribution in [3.05, 3.63) is 35.9 Å². The molecule has 0 saturated heterocycles. The van der Waals surface area contributed by atoms with Crippen molar-refractivity contribution in [3.63, 3.8) is 0 Å². The Labute approximate surface area is 105 Å². The molecule has 98 valence electrons. The first kappa shape index (κ1) is 13.1. The maximum absolute atomic E-state index is 11.2. The number of rotatable bonds is 3. The second kappa shape index (κ2) is 4.74. The molecule has 0 bridgehead atoms. The van der Waals surface area contributed by atoms with E-state index in [1.54, 1.807) is 18.2 Å². The van der Waals surface area contributed by atoms with Crippen LogP contribution in [0.4, 0.5) is 5.69 Å². The van der Waals surface area contributed by atoms with Gasteiger partial charge in [-0.3, -0.25) is 4.84 Å². The lowest BCUT2D eigenvalue weighted by atomic mass is 10.1. The first-order valence-electron chi connectivity index (χ1n) is 5.36. The van der Waals surface area contributed by atoms with E-state index in [1.165, 1.54) is 0 Å². The summed E-state index contributed by atoms with van der Waals surface area (Å²) < 4.78 is 11.2. The Bertz CT molecular complexity index is 506. The number of nitrogens with zero attached hydrogens (tertiary/aromatic N) is 2. The van der Waals surface area contributed by atoms with E-state index >= 15 is 0 Å². The molecule has 0 fully saturated rings. The first-order valence-corrected chi connectivity index (χ1v) is 6.93. The lowest BCUT2D eigenvalue weighted by Crippen LogP contribution is -2.14. The first-order chi connectivity index (χ1) is 8.39. The fourth-order valence-electron chi connectivity index (χ4n) is 1.71. The Balaban J connectivity index is 2.29. The summed E-state index contributed by atoms with van der Waals surface area (Å²) in [6.45, 7) is 0.163. The third-order valence-corrected chi connectivity index (χ3v) is 3.40. The quantitative estimate of drug-likeness (QED) is 0.809. The second-order valence-corrected chi connectivity index (χ2v) is 5.50. The molecule has 1 aromatic rings. The van der Waals surface area contributed by atoms with Gasteiger partial charge in [0.1, 0.15) is 0 Å². The minimum Gasteiger partial charge on any atom is -0.378 e. The lowest BCUT2D eigenvalue weighted by Gasteiger charge is -2.21. The van der Waals surface area contributed by atoms with Gasteiger partial charge < -0.3 is 14.7 Å². The van der Waals surface area contributed by atoms with Crippen molar-refractivity contribution < 1.29 is 19.2 Å². The van der Waals surface area contributed by atoms with Crippen molar-refractivity contribution in [1.82, 2.24) is 4.83 Å². The molecule has 2 rings (SSSR count). The predicted octanol–water partition coefficient (Wildman–Crippen LogP) is 1.43. The molecule has 1 aromatic carbocycles. The van der Waals surface area contributed by atoms with E-state index in [-0.39, 0.29) is 6.61 Å². The summed E-state index contributed by atoms with van der Waals surface area (Å²) in [7, 11) is -0.582. The molecule has 1 heterocycles. The molecule has 0 amide bonds. The Morgan fingerprint density at radius 2 is 1.89 bits per heavy atom. The van der Waals surface area contributed by atoms with Gasteiger partial charge in [-0.15, -0.1) is 0 Å². The highest BCUT2D eigenvalue weighted by atomic mass is 31.2. The van der Waals surface area contributed by atoms with Gasteiger partial charge in [0.05, 0.1) is 12.3 Å². The van der Waals surface area contributed by atoms with E-state index in [4.69, 9.17) is 14.6 Å². The van der Waals surface area contributed by atoms with Gasteiger partial charge in [-0.1, -0.05) is 12.1 Å². The predicted molar refractivity (Wildman–Crippen MR) is 68.6 cm³/mol. The van der Waals surface area contributed by atoms with Crippen molar-refractivity contribution in [2.24, 2.45) is 0 Å². The number of anilines is 1. The molecule has 0 atom stereocenters. The molecule has 0 unspecified atom stereocenters. The molecular formula is C11H15N2O4P. The highest BCUT2D eigenvalue weighted by molar-refractivity contribution is 7.49. The highest BCUT2D eigenvalue weighted by Crippen LogP contribution is 2.48. The smallest absolute Gasteiger partial charge is 0.378 e.